The van der Waals surface area contributed by atoms with Crippen LogP contribution < -0.4 is 0 Å². The maximum absolute atomic E-state index is 10.8. The Kier molecular flexibility index (Phi) is 4.69. The summed E-state index contributed by atoms with van der Waals surface area (Å²) in [6.07, 6.45) is 1.94. The number of carbonyl (C=O) groups is 1. The molecule has 0 N–H and O–H groups in total. The first kappa shape index (κ1) is 11.3. The van der Waals surface area contributed by atoms with Crippen LogP contribution in [0.4, 0.5) is 0 Å². The van der Waals surface area contributed by atoms with Crippen LogP contribution >= 0.6 is 23.4 Å². The molecule has 0 spiro atoms. The minimum absolute atomic E-state index is 0.216. The van der Waals surface area contributed by atoms with E-state index in [1.807, 2.05) is 0 Å². The Labute approximate surface area is 91.0 Å². The third-order valence-electron chi connectivity index (χ3n) is 1.38. The first-order chi connectivity index (χ1) is 6.72. The van der Waals surface area contributed by atoms with E-state index >= 15 is 0 Å². The molecule has 0 aliphatic heterocycles. The lowest BCUT2D eigenvalue weighted by atomic mass is 10.5. The van der Waals surface area contributed by atoms with Gasteiger partial charge in [-0.05, 0) is 17.7 Å². The molecular weight excluding hydrogens is 224 g/mol. The van der Waals surface area contributed by atoms with Crippen molar-refractivity contribution < 1.29 is 9.53 Å². The van der Waals surface area contributed by atoms with Crippen molar-refractivity contribution in [2.75, 3.05) is 12.9 Å². The third-order valence-corrected chi connectivity index (χ3v) is 2.50. The van der Waals surface area contributed by atoms with Crippen LogP contribution in [-0.2, 0) is 9.53 Å². The minimum Gasteiger partial charge on any atom is -0.469 e. The van der Waals surface area contributed by atoms with Gasteiger partial charge in [-0.15, -0.1) is 11.8 Å². The van der Waals surface area contributed by atoms with E-state index in [1.54, 1.807) is 12.3 Å². The van der Waals surface area contributed by atoms with Crippen molar-refractivity contribution in [2.45, 2.75) is 11.4 Å². The average molecular weight is 233 g/mol. The van der Waals surface area contributed by atoms with Crippen LogP contribution in [0.5, 0.6) is 0 Å². The second-order valence-electron chi connectivity index (χ2n) is 2.34. The smallest absolute Gasteiger partial charge is 0.306 e. The van der Waals surface area contributed by atoms with Crippen molar-refractivity contribution in [1.29, 1.82) is 0 Å². The lowest BCUT2D eigenvalue weighted by Crippen LogP contribution is -2.01. The SMILES string of the molecule is COC(=O)CCSc1ccnc(Cl)n1. The highest BCUT2D eigenvalue weighted by Gasteiger charge is 2.02. The molecule has 1 rings (SSSR count). The summed E-state index contributed by atoms with van der Waals surface area (Å²) in [4.78, 5) is 18.5. The minimum atomic E-state index is -0.224. The van der Waals surface area contributed by atoms with Gasteiger partial charge in [0.25, 0.3) is 0 Å². The number of carbonyl (C=O) groups excluding carboxylic acids is 1. The summed E-state index contributed by atoms with van der Waals surface area (Å²) in [5, 5.41) is 0.974. The van der Waals surface area contributed by atoms with Gasteiger partial charge in [0.15, 0.2) is 0 Å². The van der Waals surface area contributed by atoms with E-state index in [4.69, 9.17) is 11.6 Å². The quantitative estimate of drug-likeness (QED) is 0.343. The van der Waals surface area contributed by atoms with Crippen molar-refractivity contribution in [1.82, 2.24) is 9.97 Å². The lowest BCUT2D eigenvalue weighted by Gasteiger charge is -1.99. The van der Waals surface area contributed by atoms with Crippen molar-refractivity contribution in [3.05, 3.63) is 17.5 Å². The van der Waals surface area contributed by atoms with Gasteiger partial charge in [-0.1, -0.05) is 0 Å². The summed E-state index contributed by atoms with van der Waals surface area (Å²) in [7, 11) is 1.37. The maximum atomic E-state index is 10.8. The molecular formula is C8H9ClN2O2S. The molecule has 1 aromatic heterocycles. The molecule has 0 saturated carbocycles. The molecule has 1 aromatic rings. The molecule has 76 valence electrons. The Bertz CT molecular complexity index is 322. The molecule has 0 radical (unpaired) electrons. The zero-order valence-corrected chi connectivity index (χ0v) is 9.14. The molecule has 0 bridgehead atoms. The lowest BCUT2D eigenvalue weighted by molar-refractivity contribution is -0.140. The average Bonchev–Trinajstić information content (AvgIpc) is 2.17. The summed E-state index contributed by atoms with van der Waals surface area (Å²) in [6.45, 7) is 0. The monoisotopic (exact) mass is 232 g/mol. The predicted octanol–water partition coefficient (Wildman–Crippen LogP) is 1.79. The summed E-state index contributed by atoms with van der Waals surface area (Å²) in [5.74, 6) is 0.401. The fourth-order valence-electron chi connectivity index (χ4n) is 0.741. The molecule has 6 heteroatoms. The number of methoxy groups -OCH3 is 1. The second-order valence-corrected chi connectivity index (χ2v) is 3.79. The van der Waals surface area contributed by atoms with Crippen molar-refractivity contribution in [3.8, 4) is 0 Å². The molecule has 0 unspecified atom stereocenters. The third kappa shape index (κ3) is 3.93. The molecule has 0 saturated heterocycles. The molecule has 0 aliphatic carbocycles. The fraction of sp³-hybridized carbons (Fsp3) is 0.375. The number of hydrogen-bond acceptors (Lipinski definition) is 5. The Morgan fingerprint density at radius 1 is 1.71 bits per heavy atom. The van der Waals surface area contributed by atoms with Gasteiger partial charge in [0.05, 0.1) is 13.5 Å². The number of aromatic nitrogens is 2. The van der Waals surface area contributed by atoms with Crippen molar-refractivity contribution >= 4 is 29.3 Å². The van der Waals surface area contributed by atoms with Gasteiger partial charge in [-0.25, -0.2) is 9.97 Å². The van der Waals surface area contributed by atoms with Crippen molar-refractivity contribution in [2.24, 2.45) is 0 Å². The number of esters is 1. The highest BCUT2D eigenvalue weighted by molar-refractivity contribution is 7.99. The fourth-order valence-corrected chi connectivity index (χ4v) is 1.72. The van der Waals surface area contributed by atoms with E-state index in [0.717, 1.165) is 5.03 Å². The molecule has 14 heavy (non-hydrogen) atoms. The van der Waals surface area contributed by atoms with E-state index in [-0.39, 0.29) is 11.3 Å². The number of nitrogens with zero attached hydrogens (tertiary/aromatic N) is 2. The number of rotatable bonds is 4. The van der Waals surface area contributed by atoms with Gasteiger partial charge >= 0.3 is 5.97 Å². The van der Waals surface area contributed by atoms with E-state index in [0.29, 0.717) is 12.2 Å². The van der Waals surface area contributed by atoms with Crippen LogP contribution in [0.1, 0.15) is 6.42 Å². The molecule has 0 aliphatic rings. The molecule has 0 amide bonds. The normalized spacial score (nSPS) is 9.86. The molecule has 0 atom stereocenters. The maximum Gasteiger partial charge on any atom is 0.306 e. The van der Waals surface area contributed by atoms with Crippen LogP contribution in [0.3, 0.4) is 0 Å². The largest absolute Gasteiger partial charge is 0.469 e. The van der Waals surface area contributed by atoms with Crippen LogP contribution in [0.15, 0.2) is 17.3 Å². The topological polar surface area (TPSA) is 52.1 Å². The zero-order chi connectivity index (χ0) is 10.4. The van der Waals surface area contributed by atoms with Gasteiger partial charge in [0.2, 0.25) is 5.28 Å². The summed E-state index contributed by atoms with van der Waals surface area (Å²) < 4.78 is 4.50. The predicted molar refractivity (Wildman–Crippen MR) is 54.4 cm³/mol. The molecule has 1 heterocycles. The zero-order valence-electron chi connectivity index (χ0n) is 7.57. The van der Waals surface area contributed by atoms with Crippen molar-refractivity contribution in [3.63, 3.8) is 0 Å². The van der Waals surface area contributed by atoms with Crippen LogP contribution in [0.25, 0.3) is 0 Å². The van der Waals surface area contributed by atoms with E-state index in [1.165, 1.54) is 18.9 Å². The van der Waals surface area contributed by atoms with Gasteiger partial charge in [0, 0.05) is 11.9 Å². The molecule has 4 nitrogen and oxygen atoms in total. The van der Waals surface area contributed by atoms with Gasteiger partial charge < -0.3 is 4.74 Å². The first-order valence-corrected chi connectivity index (χ1v) is 5.27. The molecule has 0 fully saturated rings. The summed E-state index contributed by atoms with van der Waals surface area (Å²) in [5.41, 5.74) is 0. The number of ether oxygens (including phenoxy) is 1. The Morgan fingerprint density at radius 3 is 3.14 bits per heavy atom. The van der Waals surface area contributed by atoms with Crippen LogP contribution in [0.2, 0.25) is 5.28 Å². The highest BCUT2D eigenvalue weighted by Crippen LogP contribution is 2.16. The number of halogens is 1. The van der Waals surface area contributed by atoms with Gasteiger partial charge in [-0.2, -0.15) is 0 Å². The van der Waals surface area contributed by atoms with Crippen LogP contribution in [-0.4, -0.2) is 28.8 Å². The Hall–Kier alpha value is -0.810. The van der Waals surface area contributed by atoms with E-state index in [2.05, 4.69) is 14.7 Å². The van der Waals surface area contributed by atoms with Gasteiger partial charge in [-0.3, -0.25) is 4.79 Å². The van der Waals surface area contributed by atoms with Crippen LogP contribution in [0, 0.1) is 0 Å². The Balaban J connectivity index is 2.35. The first-order valence-electron chi connectivity index (χ1n) is 3.90. The highest BCUT2D eigenvalue weighted by atomic mass is 35.5. The van der Waals surface area contributed by atoms with E-state index in [9.17, 15) is 4.79 Å². The Morgan fingerprint density at radius 2 is 2.50 bits per heavy atom. The standard InChI is InChI=1S/C8H9ClN2O2S/c1-13-7(12)3-5-14-6-2-4-10-8(9)11-6/h2,4H,3,5H2,1H3. The molecule has 0 aromatic carbocycles. The summed E-state index contributed by atoms with van der Waals surface area (Å²) >= 11 is 7.03. The number of hydrogen-bond donors (Lipinski definition) is 0. The number of thioether (sulfide) groups is 1. The second kappa shape index (κ2) is 5.82. The van der Waals surface area contributed by atoms with E-state index < -0.39 is 0 Å². The summed E-state index contributed by atoms with van der Waals surface area (Å²) in [6, 6.07) is 1.74. The van der Waals surface area contributed by atoms with Gasteiger partial charge in [0.1, 0.15) is 5.03 Å².